The number of hydrogen-bond acceptors (Lipinski definition) is 1. The Morgan fingerprint density at radius 1 is 1.13 bits per heavy atom. The van der Waals surface area contributed by atoms with E-state index in [1.54, 1.807) is 13.0 Å². The van der Waals surface area contributed by atoms with Gasteiger partial charge in [0.05, 0.1) is 5.56 Å². The van der Waals surface area contributed by atoms with Gasteiger partial charge in [-0.05, 0) is 87.3 Å². The van der Waals surface area contributed by atoms with Crippen LogP contribution >= 0.6 is 0 Å². The molecule has 0 unspecified atom stereocenters. The second-order valence-electron chi connectivity index (χ2n) is 8.28. The average molecular weight is 430 g/mol. The van der Waals surface area contributed by atoms with Crippen LogP contribution in [-0.4, -0.2) is 12.3 Å². The first-order chi connectivity index (χ1) is 14.6. The SMILES string of the molecule is C=C(CC)/C(=C/CC)C1=C(CCN=C(C)c2cccc(C(F)(F)F)c2)CC(C)=C(C)C1. The molecule has 0 radical (unpaired) electrons. The van der Waals surface area contributed by atoms with Gasteiger partial charge in [0.2, 0.25) is 0 Å². The van der Waals surface area contributed by atoms with Crippen molar-refractivity contribution in [1.82, 2.24) is 0 Å². The average Bonchev–Trinajstić information content (AvgIpc) is 2.73. The first-order valence-corrected chi connectivity index (χ1v) is 11.0. The van der Waals surface area contributed by atoms with Gasteiger partial charge in [0, 0.05) is 12.3 Å². The summed E-state index contributed by atoms with van der Waals surface area (Å²) in [4.78, 5) is 4.62. The Morgan fingerprint density at radius 3 is 2.42 bits per heavy atom. The van der Waals surface area contributed by atoms with Gasteiger partial charge >= 0.3 is 6.18 Å². The Labute approximate surface area is 185 Å². The van der Waals surface area contributed by atoms with Gasteiger partial charge in [-0.15, -0.1) is 0 Å². The molecule has 0 saturated heterocycles. The first-order valence-electron chi connectivity index (χ1n) is 11.0. The third-order valence-electron chi connectivity index (χ3n) is 5.99. The molecule has 0 saturated carbocycles. The topological polar surface area (TPSA) is 12.4 Å². The van der Waals surface area contributed by atoms with Gasteiger partial charge in [0.15, 0.2) is 0 Å². The molecule has 0 fully saturated rings. The predicted octanol–water partition coefficient (Wildman–Crippen LogP) is 8.63. The van der Waals surface area contributed by atoms with Crippen LogP contribution in [0.5, 0.6) is 0 Å². The molecule has 0 bridgehead atoms. The van der Waals surface area contributed by atoms with E-state index in [0.717, 1.165) is 43.7 Å². The van der Waals surface area contributed by atoms with E-state index < -0.39 is 11.7 Å². The smallest absolute Gasteiger partial charge is 0.289 e. The van der Waals surface area contributed by atoms with Crippen LogP contribution < -0.4 is 0 Å². The molecule has 1 aliphatic carbocycles. The largest absolute Gasteiger partial charge is 0.416 e. The van der Waals surface area contributed by atoms with Crippen molar-refractivity contribution in [3.05, 3.63) is 81.5 Å². The lowest BCUT2D eigenvalue weighted by molar-refractivity contribution is -0.137. The van der Waals surface area contributed by atoms with E-state index in [9.17, 15) is 13.2 Å². The van der Waals surface area contributed by atoms with Crippen LogP contribution in [0.25, 0.3) is 0 Å². The number of alkyl halides is 3. The lowest BCUT2D eigenvalue weighted by Gasteiger charge is -2.26. The van der Waals surface area contributed by atoms with Crippen LogP contribution in [0.1, 0.15) is 77.8 Å². The summed E-state index contributed by atoms with van der Waals surface area (Å²) in [5, 5.41) is 0. The lowest BCUT2D eigenvalue weighted by Crippen LogP contribution is -2.09. The number of rotatable bonds is 8. The van der Waals surface area contributed by atoms with Crippen molar-refractivity contribution in [2.24, 2.45) is 4.99 Å². The molecule has 0 heterocycles. The van der Waals surface area contributed by atoms with Crippen LogP contribution in [0.3, 0.4) is 0 Å². The Kier molecular flexibility index (Phi) is 8.67. The second-order valence-corrected chi connectivity index (χ2v) is 8.28. The lowest BCUT2D eigenvalue weighted by atomic mass is 9.80. The van der Waals surface area contributed by atoms with Gasteiger partial charge < -0.3 is 0 Å². The quantitative estimate of drug-likeness (QED) is 0.223. The molecule has 1 nitrogen and oxygen atoms in total. The van der Waals surface area contributed by atoms with Crippen molar-refractivity contribution in [1.29, 1.82) is 0 Å². The van der Waals surface area contributed by atoms with Gasteiger partial charge in [-0.2, -0.15) is 13.2 Å². The molecule has 0 spiro atoms. The summed E-state index contributed by atoms with van der Waals surface area (Å²) in [6.07, 6.45) is 2.46. The minimum atomic E-state index is -4.34. The second kappa shape index (κ2) is 10.8. The highest BCUT2D eigenvalue weighted by molar-refractivity contribution is 5.98. The minimum absolute atomic E-state index is 0.519. The zero-order valence-corrected chi connectivity index (χ0v) is 19.4. The van der Waals surface area contributed by atoms with Crippen molar-refractivity contribution in [3.8, 4) is 0 Å². The Hall–Kier alpha value is -2.36. The van der Waals surface area contributed by atoms with Crippen LogP contribution in [0.15, 0.2) is 75.4 Å². The highest BCUT2D eigenvalue weighted by Crippen LogP contribution is 2.38. The molecule has 0 aromatic heterocycles. The Balaban J connectivity index is 2.27. The maximum absolute atomic E-state index is 13.0. The zero-order valence-electron chi connectivity index (χ0n) is 19.4. The van der Waals surface area contributed by atoms with Crippen LogP contribution in [0, 0.1) is 0 Å². The fourth-order valence-electron chi connectivity index (χ4n) is 3.89. The molecule has 4 heteroatoms. The van der Waals surface area contributed by atoms with E-state index in [4.69, 9.17) is 0 Å². The summed E-state index contributed by atoms with van der Waals surface area (Å²) < 4.78 is 39.0. The maximum atomic E-state index is 13.0. The highest BCUT2D eigenvalue weighted by atomic mass is 19.4. The number of allylic oxidation sites excluding steroid dienone is 6. The molecule has 0 amide bonds. The molecular formula is C27H34F3N. The van der Waals surface area contributed by atoms with E-state index in [1.807, 2.05) is 0 Å². The number of halogens is 3. The van der Waals surface area contributed by atoms with E-state index >= 15 is 0 Å². The van der Waals surface area contributed by atoms with Gasteiger partial charge in [0.1, 0.15) is 0 Å². The summed E-state index contributed by atoms with van der Waals surface area (Å²) in [7, 11) is 0. The molecule has 0 N–H and O–H groups in total. The summed E-state index contributed by atoms with van der Waals surface area (Å²) in [6.45, 7) is 15.3. The summed E-state index contributed by atoms with van der Waals surface area (Å²) >= 11 is 0. The molecule has 1 aromatic rings. The van der Waals surface area contributed by atoms with Gasteiger partial charge in [-0.25, -0.2) is 0 Å². The maximum Gasteiger partial charge on any atom is 0.416 e. The fourth-order valence-corrected chi connectivity index (χ4v) is 3.89. The molecular weight excluding hydrogens is 395 g/mol. The third-order valence-corrected chi connectivity index (χ3v) is 5.99. The number of aliphatic imine (C=N–C) groups is 1. The monoisotopic (exact) mass is 429 g/mol. The molecule has 0 atom stereocenters. The Morgan fingerprint density at radius 2 is 1.81 bits per heavy atom. The summed E-state index contributed by atoms with van der Waals surface area (Å²) in [5.74, 6) is 0. The van der Waals surface area contributed by atoms with E-state index in [2.05, 4.69) is 45.3 Å². The number of hydrogen-bond donors (Lipinski definition) is 0. The minimum Gasteiger partial charge on any atom is -0.289 e. The van der Waals surface area contributed by atoms with Crippen LogP contribution in [0.4, 0.5) is 13.2 Å². The van der Waals surface area contributed by atoms with Crippen LogP contribution in [-0.2, 0) is 6.18 Å². The third kappa shape index (κ3) is 6.56. The molecule has 1 aromatic carbocycles. The summed E-state index contributed by atoms with van der Waals surface area (Å²) in [6, 6.07) is 5.39. The standard InChI is InChI=1S/C27H34F3N/c1-7-10-25(18(3)8-2)26-16-20(5)19(4)15-23(26)13-14-31-21(6)22-11-9-12-24(17-22)27(28,29)30/h9-12,17H,3,7-8,13-16H2,1-2,4-6H3/b25-10-,31-21?. The highest BCUT2D eigenvalue weighted by Gasteiger charge is 2.30. The van der Waals surface area contributed by atoms with Gasteiger partial charge in [0.25, 0.3) is 0 Å². The van der Waals surface area contributed by atoms with Gasteiger partial charge in [-0.1, -0.05) is 55.4 Å². The first kappa shape index (κ1) is 24.9. The molecule has 168 valence electrons. The molecule has 1 aliphatic rings. The molecule has 31 heavy (non-hydrogen) atoms. The van der Waals surface area contributed by atoms with Crippen molar-refractivity contribution in [3.63, 3.8) is 0 Å². The Bertz CT molecular complexity index is 939. The van der Waals surface area contributed by atoms with Crippen molar-refractivity contribution in [2.45, 2.75) is 72.9 Å². The summed E-state index contributed by atoms with van der Waals surface area (Å²) in [5.41, 5.74) is 8.49. The van der Waals surface area contributed by atoms with E-state index in [-0.39, 0.29) is 0 Å². The number of nitrogens with zero attached hydrogens (tertiary/aromatic N) is 1. The van der Waals surface area contributed by atoms with Crippen molar-refractivity contribution < 1.29 is 13.2 Å². The van der Waals surface area contributed by atoms with E-state index in [1.165, 1.54) is 40.0 Å². The molecule has 2 rings (SSSR count). The van der Waals surface area contributed by atoms with Gasteiger partial charge in [-0.3, -0.25) is 4.99 Å². The normalized spacial score (nSPS) is 16.3. The van der Waals surface area contributed by atoms with E-state index in [0.29, 0.717) is 17.8 Å². The predicted molar refractivity (Wildman–Crippen MR) is 126 cm³/mol. The number of benzene rings is 1. The molecule has 0 aliphatic heterocycles. The van der Waals surface area contributed by atoms with Crippen LogP contribution in [0.2, 0.25) is 0 Å². The zero-order chi connectivity index (χ0) is 23.2. The van der Waals surface area contributed by atoms with Crippen molar-refractivity contribution in [2.75, 3.05) is 6.54 Å². The van der Waals surface area contributed by atoms with Crippen molar-refractivity contribution >= 4 is 5.71 Å². The fraction of sp³-hybridized carbons (Fsp3) is 0.444.